The van der Waals surface area contributed by atoms with Gasteiger partial charge < -0.3 is 20.3 Å². The summed E-state index contributed by atoms with van der Waals surface area (Å²) in [7, 11) is 0. The fourth-order valence-corrected chi connectivity index (χ4v) is 2.17. The van der Waals surface area contributed by atoms with Crippen LogP contribution in [0.25, 0.3) is 0 Å². The summed E-state index contributed by atoms with van der Waals surface area (Å²) in [6.07, 6.45) is 0.508. The second-order valence-electron chi connectivity index (χ2n) is 4.96. The van der Waals surface area contributed by atoms with Crippen LogP contribution in [0.15, 0.2) is 0 Å². The third-order valence-corrected chi connectivity index (χ3v) is 3.41. The van der Waals surface area contributed by atoms with Crippen LogP contribution in [0.5, 0.6) is 0 Å². The number of ether oxygens (including phenoxy) is 1. The average molecular weight is 255 g/mol. The highest BCUT2D eigenvalue weighted by Gasteiger charge is 2.25. The van der Waals surface area contributed by atoms with Gasteiger partial charge in [0.2, 0.25) is 11.8 Å². The van der Waals surface area contributed by atoms with Crippen molar-refractivity contribution < 1.29 is 14.3 Å². The Morgan fingerprint density at radius 3 is 2.61 bits per heavy atom. The Bertz CT molecular complexity index is 312. The molecule has 2 amide bonds. The summed E-state index contributed by atoms with van der Waals surface area (Å²) in [5.74, 6) is 0.379. The standard InChI is InChI=1S/C12H21N3O3/c1-9(12(17)15-2-4-18-5-3-15)14-11(16)6-10-7-13-8-10/h9-10,13H,2-8H2,1H3,(H,14,16). The molecule has 0 aliphatic carbocycles. The number of carbonyl (C=O) groups is 2. The van der Waals surface area contributed by atoms with Crippen molar-refractivity contribution in [2.24, 2.45) is 5.92 Å². The average Bonchev–Trinajstić information content (AvgIpc) is 2.34. The zero-order chi connectivity index (χ0) is 13.0. The summed E-state index contributed by atoms with van der Waals surface area (Å²) < 4.78 is 5.20. The third-order valence-electron chi connectivity index (χ3n) is 3.41. The molecule has 0 aromatic rings. The van der Waals surface area contributed by atoms with E-state index < -0.39 is 6.04 Å². The van der Waals surface area contributed by atoms with E-state index in [1.807, 2.05) is 0 Å². The highest BCUT2D eigenvalue weighted by atomic mass is 16.5. The van der Waals surface area contributed by atoms with E-state index in [-0.39, 0.29) is 11.8 Å². The molecule has 18 heavy (non-hydrogen) atoms. The van der Waals surface area contributed by atoms with Gasteiger partial charge in [-0.1, -0.05) is 0 Å². The van der Waals surface area contributed by atoms with Gasteiger partial charge in [-0.15, -0.1) is 0 Å². The molecule has 6 heteroatoms. The number of rotatable bonds is 4. The van der Waals surface area contributed by atoms with E-state index in [1.165, 1.54) is 0 Å². The molecule has 0 spiro atoms. The lowest BCUT2D eigenvalue weighted by molar-refractivity contribution is -0.139. The van der Waals surface area contributed by atoms with Crippen molar-refractivity contribution in [2.75, 3.05) is 39.4 Å². The molecular weight excluding hydrogens is 234 g/mol. The number of nitrogens with one attached hydrogen (secondary N) is 2. The van der Waals surface area contributed by atoms with Crippen LogP contribution in [0.3, 0.4) is 0 Å². The zero-order valence-electron chi connectivity index (χ0n) is 10.8. The maximum atomic E-state index is 12.0. The number of hydrogen-bond donors (Lipinski definition) is 2. The van der Waals surface area contributed by atoms with Crippen molar-refractivity contribution in [1.82, 2.24) is 15.5 Å². The van der Waals surface area contributed by atoms with Gasteiger partial charge in [0.1, 0.15) is 6.04 Å². The predicted octanol–water partition coefficient (Wildman–Crippen LogP) is -1.04. The number of carbonyl (C=O) groups excluding carboxylic acids is 2. The summed E-state index contributed by atoms with van der Waals surface area (Å²) in [6, 6.07) is -0.441. The molecule has 0 radical (unpaired) electrons. The predicted molar refractivity (Wildman–Crippen MR) is 66.0 cm³/mol. The first-order valence-corrected chi connectivity index (χ1v) is 6.53. The Hall–Kier alpha value is -1.14. The van der Waals surface area contributed by atoms with Crippen molar-refractivity contribution in [3.63, 3.8) is 0 Å². The summed E-state index contributed by atoms with van der Waals surface area (Å²) in [5, 5.41) is 5.90. The van der Waals surface area contributed by atoms with Crippen LogP contribution in [0.1, 0.15) is 13.3 Å². The Kier molecular flexibility index (Phi) is 4.54. The quantitative estimate of drug-likeness (QED) is 0.673. The molecule has 2 aliphatic heterocycles. The van der Waals surface area contributed by atoms with E-state index in [0.29, 0.717) is 38.6 Å². The Morgan fingerprint density at radius 2 is 2.06 bits per heavy atom. The minimum absolute atomic E-state index is 0.0154. The molecule has 1 atom stereocenters. The first-order chi connectivity index (χ1) is 8.66. The molecule has 0 aromatic heterocycles. The normalized spacial score (nSPS) is 22.2. The minimum Gasteiger partial charge on any atom is -0.378 e. The maximum Gasteiger partial charge on any atom is 0.245 e. The van der Waals surface area contributed by atoms with Crippen LogP contribution in [0.4, 0.5) is 0 Å². The summed E-state index contributed by atoms with van der Waals surface area (Å²) in [4.78, 5) is 25.5. The summed E-state index contributed by atoms with van der Waals surface area (Å²) in [6.45, 7) is 5.95. The molecule has 2 rings (SSSR count). The van der Waals surface area contributed by atoms with Crippen molar-refractivity contribution in [2.45, 2.75) is 19.4 Å². The molecule has 2 heterocycles. The van der Waals surface area contributed by atoms with Gasteiger partial charge >= 0.3 is 0 Å². The van der Waals surface area contributed by atoms with E-state index in [1.54, 1.807) is 11.8 Å². The van der Waals surface area contributed by atoms with Gasteiger partial charge in [-0.25, -0.2) is 0 Å². The fraction of sp³-hybridized carbons (Fsp3) is 0.833. The molecule has 2 fully saturated rings. The topological polar surface area (TPSA) is 70.7 Å². The molecular formula is C12H21N3O3. The van der Waals surface area contributed by atoms with Crippen LogP contribution in [0.2, 0.25) is 0 Å². The number of hydrogen-bond acceptors (Lipinski definition) is 4. The Morgan fingerprint density at radius 1 is 1.39 bits per heavy atom. The third kappa shape index (κ3) is 3.43. The fourth-order valence-electron chi connectivity index (χ4n) is 2.17. The lowest BCUT2D eigenvalue weighted by Crippen LogP contribution is -2.51. The maximum absolute atomic E-state index is 12.0. The number of nitrogens with zero attached hydrogens (tertiary/aromatic N) is 1. The van der Waals surface area contributed by atoms with Crippen molar-refractivity contribution in [1.29, 1.82) is 0 Å². The van der Waals surface area contributed by atoms with Gasteiger partial charge in [0.25, 0.3) is 0 Å². The Labute approximate surface area is 107 Å². The second kappa shape index (κ2) is 6.15. The molecule has 2 N–H and O–H groups in total. The molecule has 0 bridgehead atoms. The van der Waals surface area contributed by atoms with E-state index in [2.05, 4.69) is 10.6 Å². The van der Waals surface area contributed by atoms with E-state index in [9.17, 15) is 9.59 Å². The van der Waals surface area contributed by atoms with Gasteiger partial charge in [-0.2, -0.15) is 0 Å². The van der Waals surface area contributed by atoms with Crippen LogP contribution in [-0.4, -0.2) is 62.1 Å². The first-order valence-electron chi connectivity index (χ1n) is 6.53. The highest BCUT2D eigenvalue weighted by Crippen LogP contribution is 2.08. The largest absolute Gasteiger partial charge is 0.378 e. The molecule has 2 aliphatic rings. The molecule has 102 valence electrons. The van der Waals surface area contributed by atoms with Gasteiger partial charge in [0, 0.05) is 19.5 Å². The smallest absolute Gasteiger partial charge is 0.245 e. The van der Waals surface area contributed by atoms with Crippen LogP contribution in [0, 0.1) is 5.92 Å². The van der Waals surface area contributed by atoms with Gasteiger partial charge in [-0.3, -0.25) is 9.59 Å². The lowest BCUT2D eigenvalue weighted by atomic mass is 9.99. The molecule has 0 aromatic carbocycles. The highest BCUT2D eigenvalue weighted by molar-refractivity contribution is 5.87. The number of amides is 2. The molecule has 2 saturated heterocycles. The molecule has 0 saturated carbocycles. The molecule has 1 unspecified atom stereocenters. The van der Waals surface area contributed by atoms with Gasteiger partial charge in [0.05, 0.1) is 13.2 Å². The van der Waals surface area contributed by atoms with E-state index in [0.717, 1.165) is 13.1 Å². The van der Waals surface area contributed by atoms with Gasteiger partial charge in [-0.05, 0) is 25.9 Å². The van der Waals surface area contributed by atoms with E-state index >= 15 is 0 Å². The Balaban J connectivity index is 1.73. The van der Waals surface area contributed by atoms with Gasteiger partial charge in [0.15, 0.2) is 0 Å². The first kappa shape index (κ1) is 13.3. The number of morpholine rings is 1. The summed E-state index contributed by atoms with van der Waals surface area (Å²) >= 11 is 0. The van der Waals surface area contributed by atoms with Crippen molar-refractivity contribution in [3.05, 3.63) is 0 Å². The molecule has 6 nitrogen and oxygen atoms in total. The van der Waals surface area contributed by atoms with Crippen LogP contribution in [-0.2, 0) is 14.3 Å². The lowest BCUT2D eigenvalue weighted by Gasteiger charge is -2.30. The van der Waals surface area contributed by atoms with Crippen LogP contribution < -0.4 is 10.6 Å². The van der Waals surface area contributed by atoms with E-state index in [4.69, 9.17) is 4.74 Å². The van der Waals surface area contributed by atoms with Crippen LogP contribution >= 0.6 is 0 Å². The van der Waals surface area contributed by atoms with Crippen molar-refractivity contribution in [3.8, 4) is 0 Å². The second-order valence-corrected chi connectivity index (χ2v) is 4.96. The minimum atomic E-state index is -0.441. The SMILES string of the molecule is CC(NC(=O)CC1CNC1)C(=O)N1CCOCC1. The monoisotopic (exact) mass is 255 g/mol. The summed E-state index contributed by atoms with van der Waals surface area (Å²) in [5.41, 5.74) is 0. The zero-order valence-corrected chi connectivity index (χ0v) is 10.8. The van der Waals surface area contributed by atoms with Crippen molar-refractivity contribution >= 4 is 11.8 Å².